The van der Waals surface area contributed by atoms with Gasteiger partial charge in [-0.25, -0.2) is 0 Å². The molecule has 1 fully saturated rings. The maximum Gasteiger partial charge on any atom is 0.320 e. The lowest BCUT2D eigenvalue weighted by molar-refractivity contribution is 0.274. The Kier molecular flexibility index (Phi) is 7.31. The Hall–Kier alpha value is 0.137. The van der Waals surface area contributed by atoms with Gasteiger partial charge in [0.2, 0.25) is 0 Å². The Labute approximate surface area is 96.2 Å². The molecular formula is C12H26O2Si. The molecule has 1 saturated carbocycles. The van der Waals surface area contributed by atoms with Gasteiger partial charge in [-0.1, -0.05) is 51.4 Å². The predicted octanol–water partition coefficient (Wildman–Crippen LogP) is 3.25. The summed E-state index contributed by atoms with van der Waals surface area (Å²) in [4.78, 5) is 0. The van der Waals surface area contributed by atoms with Gasteiger partial charge < -0.3 is 8.85 Å². The molecule has 90 valence electrons. The SMILES string of the molecule is CO[SiH](CCCCCCC1CCC1)OC. The van der Waals surface area contributed by atoms with Crippen molar-refractivity contribution >= 4 is 9.28 Å². The molecule has 0 N–H and O–H groups in total. The van der Waals surface area contributed by atoms with Crippen molar-refractivity contribution in [3.63, 3.8) is 0 Å². The molecule has 0 bridgehead atoms. The molecule has 0 saturated heterocycles. The van der Waals surface area contributed by atoms with Crippen molar-refractivity contribution in [3.8, 4) is 0 Å². The minimum absolute atomic E-state index is 1.09. The van der Waals surface area contributed by atoms with Crippen LogP contribution in [0.5, 0.6) is 0 Å². The normalized spacial score (nSPS) is 17.0. The quantitative estimate of drug-likeness (QED) is 0.447. The summed E-state index contributed by atoms with van der Waals surface area (Å²) in [7, 11) is 2.29. The first kappa shape index (κ1) is 13.2. The van der Waals surface area contributed by atoms with E-state index in [0.29, 0.717) is 0 Å². The van der Waals surface area contributed by atoms with Crippen LogP contribution in [0.4, 0.5) is 0 Å². The minimum Gasteiger partial charge on any atom is -0.400 e. The van der Waals surface area contributed by atoms with E-state index in [-0.39, 0.29) is 0 Å². The molecule has 0 aliphatic heterocycles. The zero-order valence-corrected chi connectivity index (χ0v) is 11.5. The van der Waals surface area contributed by atoms with E-state index in [2.05, 4.69) is 0 Å². The average molecular weight is 230 g/mol. The first-order valence-corrected chi connectivity index (χ1v) is 8.18. The standard InChI is InChI=1S/C12H26O2Si/c1-13-15(14-2)11-6-4-3-5-8-12-9-7-10-12/h12,15H,3-11H2,1-2H3. The van der Waals surface area contributed by atoms with Crippen LogP contribution in [0.2, 0.25) is 6.04 Å². The Bertz CT molecular complexity index is 145. The first-order valence-electron chi connectivity index (χ1n) is 6.42. The van der Waals surface area contributed by atoms with Gasteiger partial charge in [0.05, 0.1) is 0 Å². The number of rotatable bonds is 9. The molecule has 0 amide bonds. The number of unbranched alkanes of at least 4 members (excludes halogenated alkanes) is 3. The van der Waals surface area contributed by atoms with Gasteiger partial charge in [-0.3, -0.25) is 0 Å². The summed E-state index contributed by atoms with van der Waals surface area (Å²) >= 11 is 0. The van der Waals surface area contributed by atoms with Crippen molar-refractivity contribution < 1.29 is 8.85 Å². The van der Waals surface area contributed by atoms with E-state index in [4.69, 9.17) is 8.85 Å². The lowest BCUT2D eigenvalue weighted by atomic mass is 9.82. The summed E-state index contributed by atoms with van der Waals surface area (Å²) in [6.45, 7) is 0. The van der Waals surface area contributed by atoms with Crippen molar-refractivity contribution in [1.29, 1.82) is 0 Å². The highest BCUT2D eigenvalue weighted by Gasteiger charge is 2.16. The van der Waals surface area contributed by atoms with Crippen LogP contribution in [0.3, 0.4) is 0 Å². The van der Waals surface area contributed by atoms with E-state index in [1.54, 1.807) is 14.2 Å². The largest absolute Gasteiger partial charge is 0.400 e. The molecule has 0 atom stereocenters. The highest BCUT2D eigenvalue weighted by molar-refractivity contribution is 6.44. The summed E-state index contributed by atoms with van der Waals surface area (Å²) in [5.74, 6) is 1.09. The van der Waals surface area contributed by atoms with E-state index >= 15 is 0 Å². The van der Waals surface area contributed by atoms with Crippen molar-refractivity contribution in [1.82, 2.24) is 0 Å². The fourth-order valence-electron chi connectivity index (χ4n) is 2.21. The molecule has 0 aromatic rings. The van der Waals surface area contributed by atoms with E-state index in [1.807, 2.05) is 0 Å². The lowest BCUT2D eigenvalue weighted by Gasteiger charge is -2.24. The third-order valence-electron chi connectivity index (χ3n) is 3.55. The predicted molar refractivity (Wildman–Crippen MR) is 66.4 cm³/mol. The van der Waals surface area contributed by atoms with Gasteiger partial charge in [-0.2, -0.15) is 0 Å². The topological polar surface area (TPSA) is 18.5 Å². The van der Waals surface area contributed by atoms with Crippen LogP contribution in [0.1, 0.15) is 51.4 Å². The van der Waals surface area contributed by atoms with Crippen LogP contribution in [0, 0.1) is 5.92 Å². The van der Waals surface area contributed by atoms with Crippen LogP contribution in [0.25, 0.3) is 0 Å². The zero-order valence-electron chi connectivity index (χ0n) is 10.3. The van der Waals surface area contributed by atoms with Crippen LogP contribution in [-0.4, -0.2) is 23.5 Å². The summed E-state index contributed by atoms with van der Waals surface area (Å²) in [6.07, 6.45) is 11.5. The van der Waals surface area contributed by atoms with Crippen molar-refractivity contribution in [2.75, 3.05) is 14.2 Å². The molecule has 15 heavy (non-hydrogen) atoms. The van der Waals surface area contributed by atoms with Gasteiger partial charge in [0.25, 0.3) is 0 Å². The summed E-state index contributed by atoms with van der Waals surface area (Å²) in [5.41, 5.74) is 0. The highest BCUT2D eigenvalue weighted by Crippen LogP contribution is 2.31. The van der Waals surface area contributed by atoms with Crippen molar-refractivity contribution in [3.05, 3.63) is 0 Å². The molecule has 0 aromatic carbocycles. The maximum atomic E-state index is 5.29. The van der Waals surface area contributed by atoms with E-state index in [1.165, 1.54) is 57.4 Å². The second kappa shape index (κ2) is 8.31. The number of hydrogen-bond acceptors (Lipinski definition) is 2. The zero-order chi connectivity index (χ0) is 10.9. The van der Waals surface area contributed by atoms with Crippen LogP contribution >= 0.6 is 0 Å². The molecule has 1 aliphatic rings. The van der Waals surface area contributed by atoms with Crippen LogP contribution in [-0.2, 0) is 8.85 Å². The minimum atomic E-state index is -1.26. The molecule has 1 rings (SSSR count). The number of hydrogen-bond donors (Lipinski definition) is 0. The monoisotopic (exact) mass is 230 g/mol. The summed E-state index contributed by atoms with van der Waals surface area (Å²) in [6, 6.07) is 1.18. The molecule has 0 radical (unpaired) electrons. The van der Waals surface area contributed by atoms with Gasteiger partial charge in [-0.15, -0.1) is 0 Å². The lowest BCUT2D eigenvalue weighted by Crippen LogP contribution is -2.18. The molecule has 1 aliphatic carbocycles. The van der Waals surface area contributed by atoms with Gasteiger partial charge >= 0.3 is 9.28 Å². The van der Waals surface area contributed by atoms with E-state index < -0.39 is 9.28 Å². The molecule has 0 aromatic heterocycles. The Morgan fingerprint density at radius 3 is 2.20 bits per heavy atom. The summed E-state index contributed by atoms with van der Waals surface area (Å²) < 4.78 is 10.6. The first-order chi connectivity index (χ1) is 7.36. The second-order valence-electron chi connectivity index (χ2n) is 4.69. The van der Waals surface area contributed by atoms with E-state index in [9.17, 15) is 0 Å². The van der Waals surface area contributed by atoms with Gasteiger partial charge in [0, 0.05) is 14.2 Å². The summed E-state index contributed by atoms with van der Waals surface area (Å²) in [5, 5.41) is 0. The van der Waals surface area contributed by atoms with Gasteiger partial charge in [0.1, 0.15) is 0 Å². The Balaban J connectivity index is 1.79. The highest BCUT2D eigenvalue weighted by atomic mass is 28.3. The smallest absolute Gasteiger partial charge is 0.320 e. The van der Waals surface area contributed by atoms with E-state index in [0.717, 1.165) is 5.92 Å². The molecule has 3 heteroatoms. The maximum absolute atomic E-state index is 5.29. The molecule has 0 unspecified atom stereocenters. The molecule has 0 heterocycles. The van der Waals surface area contributed by atoms with Crippen molar-refractivity contribution in [2.45, 2.75) is 57.4 Å². The molecule has 2 nitrogen and oxygen atoms in total. The Morgan fingerprint density at radius 1 is 1.00 bits per heavy atom. The van der Waals surface area contributed by atoms with Crippen LogP contribution in [0.15, 0.2) is 0 Å². The molecular weight excluding hydrogens is 204 g/mol. The third-order valence-corrected chi connectivity index (χ3v) is 5.48. The molecule has 0 spiro atoms. The third kappa shape index (κ3) is 5.69. The van der Waals surface area contributed by atoms with Gasteiger partial charge in [-0.05, 0) is 12.0 Å². The fourth-order valence-corrected chi connectivity index (χ4v) is 3.50. The Morgan fingerprint density at radius 2 is 1.67 bits per heavy atom. The average Bonchev–Trinajstić information content (AvgIpc) is 2.20. The second-order valence-corrected chi connectivity index (χ2v) is 7.07. The van der Waals surface area contributed by atoms with Gasteiger partial charge in [0.15, 0.2) is 0 Å². The van der Waals surface area contributed by atoms with Crippen molar-refractivity contribution in [2.24, 2.45) is 5.92 Å². The fraction of sp³-hybridized carbons (Fsp3) is 1.00. The van der Waals surface area contributed by atoms with Crippen LogP contribution < -0.4 is 0 Å².